The zero-order valence-corrected chi connectivity index (χ0v) is 10.5. The van der Waals surface area contributed by atoms with E-state index in [0.29, 0.717) is 16.7 Å². The van der Waals surface area contributed by atoms with Gasteiger partial charge in [0.1, 0.15) is 5.82 Å². The molecule has 0 bridgehead atoms. The van der Waals surface area contributed by atoms with Gasteiger partial charge in [0, 0.05) is 16.8 Å². The average molecular weight is 332 g/mol. The first-order chi connectivity index (χ1) is 7.16. The predicted molar refractivity (Wildman–Crippen MR) is 69.6 cm³/mol. The number of nitrogen functional groups attached to an aromatic ring is 1. The fourth-order valence-electron chi connectivity index (χ4n) is 1.15. The second kappa shape index (κ2) is 4.32. The summed E-state index contributed by atoms with van der Waals surface area (Å²) in [6.07, 6.45) is 1.69. The van der Waals surface area contributed by atoms with Gasteiger partial charge in [-0.25, -0.2) is 9.97 Å². The van der Waals surface area contributed by atoms with Gasteiger partial charge in [-0.15, -0.1) is 0 Å². The van der Waals surface area contributed by atoms with Gasteiger partial charge in [0.05, 0.1) is 3.57 Å². The summed E-state index contributed by atoms with van der Waals surface area (Å²) in [5, 5.41) is 0.660. The summed E-state index contributed by atoms with van der Waals surface area (Å²) in [7, 11) is 0. The molecule has 0 radical (unpaired) electrons. The van der Waals surface area contributed by atoms with Gasteiger partial charge in [-0.2, -0.15) is 0 Å². The van der Waals surface area contributed by atoms with Crippen molar-refractivity contribution in [3.8, 4) is 11.4 Å². The largest absolute Gasteiger partial charge is 0.383 e. The molecule has 0 unspecified atom stereocenters. The van der Waals surface area contributed by atoms with Crippen LogP contribution >= 0.6 is 34.2 Å². The van der Waals surface area contributed by atoms with E-state index in [1.165, 1.54) is 0 Å². The zero-order valence-electron chi connectivity index (χ0n) is 7.61. The highest BCUT2D eigenvalue weighted by atomic mass is 127. The lowest BCUT2D eigenvalue weighted by Gasteiger charge is -2.02. The monoisotopic (exact) mass is 331 g/mol. The van der Waals surface area contributed by atoms with Crippen molar-refractivity contribution in [1.82, 2.24) is 9.97 Å². The van der Waals surface area contributed by atoms with Crippen LogP contribution in [0.1, 0.15) is 0 Å². The van der Waals surface area contributed by atoms with E-state index < -0.39 is 0 Å². The molecule has 0 aliphatic carbocycles. The number of halogens is 2. The molecule has 0 spiro atoms. The lowest BCUT2D eigenvalue weighted by Crippen LogP contribution is -1.98. The summed E-state index contributed by atoms with van der Waals surface area (Å²) < 4.78 is 0.846. The van der Waals surface area contributed by atoms with Gasteiger partial charge in [0.2, 0.25) is 0 Å². The lowest BCUT2D eigenvalue weighted by molar-refractivity contribution is 1.17. The molecule has 5 heteroatoms. The van der Waals surface area contributed by atoms with Crippen LogP contribution in [0.4, 0.5) is 5.82 Å². The van der Waals surface area contributed by atoms with E-state index in [1.807, 2.05) is 18.2 Å². The molecule has 0 atom stereocenters. The highest BCUT2D eigenvalue weighted by Crippen LogP contribution is 2.21. The van der Waals surface area contributed by atoms with Crippen molar-refractivity contribution in [2.45, 2.75) is 0 Å². The Morgan fingerprint density at radius 1 is 1.33 bits per heavy atom. The van der Waals surface area contributed by atoms with Crippen molar-refractivity contribution < 1.29 is 0 Å². The fourth-order valence-corrected chi connectivity index (χ4v) is 1.60. The van der Waals surface area contributed by atoms with Crippen LogP contribution in [0.25, 0.3) is 11.4 Å². The standard InChI is InChI=1S/C10H7ClIN3/c11-7-3-1-2-6(4-7)10-14-5-8(12)9(13)15-10/h1-5H,(H2,13,14,15). The number of rotatable bonds is 1. The van der Waals surface area contributed by atoms with Crippen molar-refractivity contribution in [1.29, 1.82) is 0 Å². The number of aromatic nitrogens is 2. The van der Waals surface area contributed by atoms with Gasteiger partial charge in [-0.3, -0.25) is 0 Å². The van der Waals surface area contributed by atoms with Crippen LogP contribution < -0.4 is 5.73 Å². The van der Waals surface area contributed by atoms with E-state index in [4.69, 9.17) is 17.3 Å². The van der Waals surface area contributed by atoms with Crippen LogP contribution in [-0.2, 0) is 0 Å². The molecule has 0 saturated carbocycles. The van der Waals surface area contributed by atoms with E-state index in [0.717, 1.165) is 9.13 Å². The Balaban J connectivity index is 2.50. The Hall–Kier alpha value is -0.880. The number of hydrogen-bond donors (Lipinski definition) is 1. The van der Waals surface area contributed by atoms with Gasteiger partial charge in [-0.05, 0) is 34.7 Å². The molecular weight excluding hydrogens is 324 g/mol. The van der Waals surface area contributed by atoms with E-state index >= 15 is 0 Å². The molecule has 1 heterocycles. The summed E-state index contributed by atoms with van der Waals surface area (Å²) in [5.41, 5.74) is 6.57. The Morgan fingerprint density at radius 3 is 2.80 bits per heavy atom. The Kier molecular flexibility index (Phi) is 3.06. The van der Waals surface area contributed by atoms with E-state index in [9.17, 15) is 0 Å². The maximum Gasteiger partial charge on any atom is 0.161 e. The molecule has 2 N–H and O–H groups in total. The Bertz CT molecular complexity index is 502. The van der Waals surface area contributed by atoms with Crippen LogP contribution in [0.3, 0.4) is 0 Å². The predicted octanol–water partition coefficient (Wildman–Crippen LogP) is 2.98. The van der Waals surface area contributed by atoms with Crippen LogP contribution in [0.5, 0.6) is 0 Å². The molecule has 0 amide bonds. The average Bonchev–Trinajstić information content (AvgIpc) is 2.22. The first-order valence-electron chi connectivity index (χ1n) is 4.21. The quantitative estimate of drug-likeness (QED) is 0.817. The molecule has 2 aromatic rings. The third-order valence-electron chi connectivity index (χ3n) is 1.85. The van der Waals surface area contributed by atoms with Gasteiger partial charge < -0.3 is 5.73 Å². The summed E-state index contributed by atoms with van der Waals surface area (Å²) in [5.74, 6) is 1.08. The SMILES string of the molecule is Nc1nc(-c2cccc(Cl)c2)ncc1I. The smallest absolute Gasteiger partial charge is 0.161 e. The number of nitrogens with zero attached hydrogens (tertiary/aromatic N) is 2. The minimum Gasteiger partial charge on any atom is -0.383 e. The van der Waals surface area contributed by atoms with Crippen molar-refractivity contribution in [2.75, 3.05) is 5.73 Å². The molecule has 15 heavy (non-hydrogen) atoms. The minimum absolute atomic E-state index is 0.487. The summed E-state index contributed by atoms with van der Waals surface area (Å²) in [6.45, 7) is 0. The summed E-state index contributed by atoms with van der Waals surface area (Å²) in [4.78, 5) is 8.38. The molecule has 0 aliphatic heterocycles. The van der Waals surface area contributed by atoms with Crippen LogP contribution in [0, 0.1) is 3.57 Å². The molecule has 76 valence electrons. The first kappa shape index (κ1) is 10.6. The van der Waals surface area contributed by atoms with Crippen molar-refractivity contribution in [3.63, 3.8) is 0 Å². The number of hydrogen-bond acceptors (Lipinski definition) is 3. The zero-order chi connectivity index (χ0) is 10.8. The second-order valence-corrected chi connectivity index (χ2v) is 4.54. The Labute approximate surface area is 106 Å². The molecule has 1 aromatic carbocycles. The van der Waals surface area contributed by atoms with E-state index in [1.54, 1.807) is 12.3 Å². The third-order valence-corrected chi connectivity index (χ3v) is 2.92. The molecule has 0 fully saturated rings. The highest BCUT2D eigenvalue weighted by Gasteiger charge is 2.04. The normalized spacial score (nSPS) is 10.3. The molecule has 1 aromatic heterocycles. The maximum absolute atomic E-state index is 5.88. The molecular formula is C10H7ClIN3. The third kappa shape index (κ3) is 2.38. The number of nitrogens with two attached hydrogens (primary N) is 1. The molecule has 3 nitrogen and oxygen atoms in total. The van der Waals surface area contributed by atoms with Crippen molar-refractivity contribution in [3.05, 3.63) is 39.1 Å². The van der Waals surface area contributed by atoms with Gasteiger partial charge in [0.25, 0.3) is 0 Å². The molecule has 0 saturated heterocycles. The molecule has 0 aliphatic rings. The van der Waals surface area contributed by atoms with Crippen LogP contribution in [-0.4, -0.2) is 9.97 Å². The summed E-state index contributed by atoms with van der Waals surface area (Å²) >= 11 is 7.97. The van der Waals surface area contributed by atoms with Crippen LogP contribution in [0.2, 0.25) is 5.02 Å². The van der Waals surface area contributed by atoms with Gasteiger partial charge in [-0.1, -0.05) is 23.7 Å². The second-order valence-electron chi connectivity index (χ2n) is 2.94. The van der Waals surface area contributed by atoms with E-state index in [2.05, 4.69) is 32.6 Å². The minimum atomic E-state index is 0.487. The maximum atomic E-state index is 5.88. The highest BCUT2D eigenvalue weighted by molar-refractivity contribution is 14.1. The first-order valence-corrected chi connectivity index (χ1v) is 5.66. The summed E-state index contributed by atoms with van der Waals surface area (Å²) in [6, 6.07) is 7.37. The number of benzene rings is 1. The van der Waals surface area contributed by atoms with Crippen LogP contribution in [0.15, 0.2) is 30.5 Å². The van der Waals surface area contributed by atoms with Crippen molar-refractivity contribution >= 4 is 40.0 Å². The lowest BCUT2D eigenvalue weighted by atomic mass is 10.2. The fraction of sp³-hybridized carbons (Fsp3) is 0. The molecule has 2 rings (SSSR count). The topological polar surface area (TPSA) is 51.8 Å². The van der Waals surface area contributed by atoms with Crippen molar-refractivity contribution in [2.24, 2.45) is 0 Å². The van der Waals surface area contributed by atoms with E-state index in [-0.39, 0.29) is 0 Å². The van der Waals surface area contributed by atoms with Gasteiger partial charge >= 0.3 is 0 Å². The van der Waals surface area contributed by atoms with Gasteiger partial charge in [0.15, 0.2) is 5.82 Å². The number of anilines is 1. The Morgan fingerprint density at radius 2 is 2.13 bits per heavy atom.